The quantitative estimate of drug-likeness (QED) is 0.890. The predicted molar refractivity (Wildman–Crippen MR) is 82.2 cm³/mol. The van der Waals surface area contributed by atoms with E-state index in [1.165, 1.54) is 18.9 Å². The first-order valence-corrected chi connectivity index (χ1v) is 7.88. The third kappa shape index (κ3) is 4.01. The molecule has 0 radical (unpaired) electrons. The molecule has 0 aliphatic carbocycles. The first-order chi connectivity index (χ1) is 10.0. The van der Waals surface area contributed by atoms with E-state index < -0.39 is 11.6 Å². The van der Waals surface area contributed by atoms with Gasteiger partial charge in [-0.05, 0) is 45.2 Å². The van der Waals surface area contributed by atoms with Gasteiger partial charge in [0.05, 0.1) is 0 Å². The number of halogens is 2. The third-order valence-electron chi connectivity index (χ3n) is 4.66. The van der Waals surface area contributed by atoms with Crippen molar-refractivity contribution in [2.24, 2.45) is 5.92 Å². The normalized spacial score (nSPS) is 25.0. The third-order valence-corrected chi connectivity index (χ3v) is 4.66. The van der Waals surface area contributed by atoms with Gasteiger partial charge in [0.1, 0.15) is 0 Å². The van der Waals surface area contributed by atoms with Crippen molar-refractivity contribution in [3.8, 4) is 0 Å². The van der Waals surface area contributed by atoms with E-state index in [1.54, 1.807) is 19.2 Å². The second-order valence-corrected chi connectivity index (χ2v) is 6.30. The number of likely N-dealkylation sites (tertiary alicyclic amines) is 1. The van der Waals surface area contributed by atoms with Gasteiger partial charge in [0.15, 0.2) is 11.6 Å². The second kappa shape index (κ2) is 7.32. The lowest BCUT2D eigenvalue weighted by molar-refractivity contribution is 0.119. The molecule has 2 nitrogen and oxygen atoms in total. The molecule has 1 N–H and O–H groups in total. The summed E-state index contributed by atoms with van der Waals surface area (Å²) in [5.74, 6) is -0.773. The molecule has 21 heavy (non-hydrogen) atoms. The van der Waals surface area contributed by atoms with E-state index in [4.69, 9.17) is 0 Å². The standard InChI is InChI=1S/C17H26F2N2/c1-12-7-8-13(2)21(11-12)10-9-16(20-3)14-5-4-6-15(18)17(14)19/h4-6,12-13,16,20H,7-11H2,1-3H3. The molecule has 1 saturated heterocycles. The van der Waals surface area contributed by atoms with E-state index in [1.807, 2.05) is 0 Å². The SMILES string of the molecule is CNC(CCN1CC(C)CCC1C)c1cccc(F)c1F. The van der Waals surface area contributed by atoms with Crippen LogP contribution in [0.15, 0.2) is 18.2 Å². The fraction of sp³-hybridized carbons (Fsp3) is 0.647. The summed E-state index contributed by atoms with van der Waals surface area (Å²) < 4.78 is 27.3. The Bertz CT molecular complexity index is 464. The molecule has 1 aromatic rings. The van der Waals surface area contributed by atoms with Crippen LogP contribution in [0.25, 0.3) is 0 Å². The van der Waals surface area contributed by atoms with Crippen molar-refractivity contribution < 1.29 is 8.78 Å². The van der Waals surface area contributed by atoms with Crippen LogP contribution in [0.5, 0.6) is 0 Å². The molecule has 0 spiro atoms. The minimum absolute atomic E-state index is 0.148. The highest BCUT2D eigenvalue weighted by atomic mass is 19.2. The zero-order valence-electron chi connectivity index (χ0n) is 13.2. The van der Waals surface area contributed by atoms with E-state index in [2.05, 4.69) is 24.1 Å². The number of nitrogens with zero attached hydrogens (tertiary/aromatic N) is 1. The topological polar surface area (TPSA) is 15.3 Å². The molecule has 0 aromatic heterocycles. The molecular formula is C17H26F2N2. The van der Waals surface area contributed by atoms with Crippen LogP contribution in [0.4, 0.5) is 8.78 Å². The molecule has 0 bridgehead atoms. The number of nitrogens with one attached hydrogen (secondary N) is 1. The largest absolute Gasteiger partial charge is 0.313 e. The Kier molecular flexibility index (Phi) is 5.71. The maximum atomic E-state index is 13.9. The summed E-state index contributed by atoms with van der Waals surface area (Å²) in [6, 6.07) is 4.84. The maximum absolute atomic E-state index is 13.9. The van der Waals surface area contributed by atoms with Crippen LogP contribution in [0, 0.1) is 17.6 Å². The molecule has 3 unspecified atom stereocenters. The van der Waals surface area contributed by atoms with Gasteiger partial charge in [0, 0.05) is 30.7 Å². The molecule has 1 fully saturated rings. The average Bonchev–Trinajstić information content (AvgIpc) is 2.47. The molecular weight excluding hydrogens is 270 g/mol. The maximum Gasteiger partial charge on any atom is 0.163 e. The Morgan fingerprint density at radius 2 is 2.05 bits per heavy atom. The fourth-order valence-electron chi connectivity index (χ4n) is 3.23. The lowest BCUT2D eigenvalue weighted by Gasteiger charge is -2.37. The van der Waals surface area contributed by atoms with Gasteiger partial charge in [-0.15, -0.1) is 0 Å². The number of piperidine rings is 1. The van der Waals surface area contributed by atoms with Gasteiger partial charge in [0.2, 0.25) is 0 Å². The molecule has 0 saturated carbocycles. The van der Waals surface area contributed by atoms with Crippen molar-refractivity contribution in [2.75, 3.05) is 20.1 Å². The monoisotopic (exact) mass is 296 g/mol. The molecule has 4 heteroatoms. The highest BCUT2D eigenvalue weighted by molar-refractivity contribution is 5.22. The Morgan fingerprint density at radius 3 is 2.76 bits per heavy atom. The smallest absolute Gasteiger partial charge is 0.163 e. The number of benzene rings is 1. The second-order valence-electron chi connectivity index (χ2n) is 6.30. The first kappa shape index (κ1) is 16.4. The van der Waals surface area contributed by atoms with Crippen molar-refractivity contribution in [3.05, 3.63) is 35.4 Å². The zero-order chi connectivity index (χ0) is 15.4. The lowest BCUT2D eigenvalue weighted by Crippen LogP contribution is -2.42. The Morgan fingerprint density at radius 1 is 1.29 bits per heavy atom. The van der Waals surface area contributed by atoms with Gasteiger partial charge < -0.3 is 10.2 Å². The summed E-state index contributed by atoms with van der Waals surface area (Å²) in [7, 11) is 1.80. The fourth-order valence-corrected chi connectivity index (χ4v) is 3.23. The highest BCUT2D eigenvalue weighted by Gasteiger charge is 2.24. The minimum Gasteiger partial charge on any atom is -0.313 e. The molecule has 1 heterocycles. The molecule has 2 rings (SSSR count). The summed E-state index contributed by atoms with van der Waals surface area (Å²) >= 11 is 0. The minimum atomic E-state index is -0.771. The van der Waals surface area contributed by atoms with Crippen molar-refractivity contribution in [3.63, 3.8) is 0 Å². The number of hydrogen-bond donors (Lipinski definition) is 1. The van der Waals surface area contributed by atoms with Gasteiger partial charge in [-0.1, -0.05) is 19.1 Å². The van der Waals surface area contributed by atoms with Gasteiger partial charge in [-0.25, -0.2) is 8.78 Å². The van der Waals surface area contributed by atoms with Crippen molar-refractivity contribution in [2.45, 2.75) is 45.2 Å². The number of hydrogen-bond acceptors (Lipinski definition) is 2. The highest BCUT2D eigenvalue weighted by Crippen LogP contribution is 2.25. The zero-order valence-corrected chi connectivity index (χ0v) is 13.2. The van der Waals surface area contributed by atoms with Crippen molar-refractivity contribution in [1.29, 1.82) is 0 Å². The summed E-state index contributed by atoms with van der Waals surface area (Å²) in [4.78, 5) is 2.47. The van der Waals surface area contributed by atoms with Crippen molar-refractivity contribution in [1.82, 2.24) is 10.2 Å². The average molecular weight is 296 g/mol. The molecule has 118 valence electrons. The van der Waals surface area contributed by atoms with Crippen LogP contribution >= 0.6 is 0 Å². The van der Waals surface area contributed by atoms with Gasteiger partial charge in [0.25, 0.3) is 0 Å². The predicted octanol–water partition coefficient (Wildman–Crippen LogP) is 3.74. The molecule has 1 aliphatic heterocycles. The molecule has 1 aliphatic rings. The van der Waals surface area contributed by atoms with Crippen LogP contribution in [-0.2, 0) is 0 Å². The van der Waals surface area contributed by atoms with Crippen LogP contribution in [-0.4, -0.2) is 31.1 Å². The molecule has 3 atom stereocenters. The van der Waals surface area contributed by atoms with E-state index in [-0.39, 0.29) is 6.04 Å². The van der Waals surface area contributed by atoms with Crippen molar-refractivity contribution >= 4 is 0 Å². The van der Waals surface area contributed by atoms with Gasteiger partial charge >= 0.3 is 0 Å². The summed E-state index contributed by atoms with van der Waals surface area (Å²) in [6.45, 7) is 6.54. The van der Waals surface area contributed by atoms with E-state index in [0.717, 1.165) is 25.4 Å². The Labute approximate surface area is 126 Å². The van der Waals surface area contributed by atoms with Crippen LogP contribution < -0.4 is 5.32 Å². The van der Waals surface area contributed by atoms with E-state index >= 15 is 0 Å². The summed E-state index contributed by atoms with van der Waals surface area (Å²) in [6.07, 6.45) is 3.29. The molecule has 0 amide bonds. The first-order valence-electron chi connectivity index (χ1n) is 7.88. The lowest BCUT2D eigenvalue weighted by atomic mass is 9.94. The summed E-state index contributed by atoms with van der Waals surface area (Å²) in [5.41, 5.74) is 0.426. The Hall–Kier alpha value is -1.00. The Balaban J connectivity index is 2.01. The van der Waals surface area contributed by atoms with Crippen LogP contribution in [0.1, 0.15) is 44.7 Å². The van der Waals surface area contributed by atoms with Gasteiger partial charge in [-0.2, -0.15) is 0 Å². The van der Waals surface area contributed by atoms with Gasteiger partial charge in [-0.3, -0.25) is 0 Å². The number of rotatable bonds is 5. The van der Waals surface area contributed by atoms with Crippen LogP contribution in [0.2, 0.25) is 0 Å². The molecule has 1 aromatic carbocycles. The van der Waals surface area contributed by atoms with E-state index in [9.17, 15) is 8.78 Å². The summed E-state index contributed by atoms with van der Waals surface area (Å²) in [5, 5.41) is 3.12. The van der Waals surface area contributed by atoms with E-state index in [0.29, 0.717) is 11.6 Å². The van der Waals surface area contributed by atoms with Crippen LogP contribution in [0.3, 0.4) is 0 Å².